The van der Waals surface area contributed by atoms with E-state index < -0.39 is 10.8 Å². The van der Waals surface area contributed by atoms with Gasteiger partial charge in [-0.15, -0.1) is 0 Å². The van der Waals surface area contributed by atoms with Crippen LogP contribution in [0.4, 0.5) is 0 Å². The van der Waals surface area contributed by atoms with Gasteiger partial charge in [-0.1, -0.05) is 66.7 Å². The number of nitrogens with zero attached hydrogens (tertiary/aromatic N) is 1. The summed E-state index contributed by atoms with van der Waals surface area (Å²) in [6.45, 7) is 1.27. The Labute approximate surface area is 168 Å². The Bertz CT molecular complexity index is 1020. The lowest BCUT2D eigenvalue weighted by molar-refractivity contribution is 0.0725. The maximum Gasteiger partial charge on any atom is 0.254 e. The molecule has 0 bridgehead atoms. The number of carbonyl (C=O) groups excluding carboxylic acids is 1. The lowest BCUT2D eigenvalue weighted by Gasteiger charge is -2.35. The topological polar surface area (TPSA) is 37.4 Å². The largest absolute Gasteiger partial charge is 0.333 e. The van der Waals surface area contributed by atoms with E-state index in [1.807, 2.05) is 53.4 Å². The molecule has 2 atom stereocenters. The summed E-state index contributed by atoms with van der Waals surface area (Å²) >= 11 is 0. The third-order valence-corrected chi connectivity index (χ3v) is 5.97. The van der Waals surface area contributed by atoms with Crippen LogP contribution in [0.25, 0.3) is 0 Å². The van der Waals surface area contributed by atoms with Gasteiger partial charge < -0.3 is 4.90 Å². The van der Waals surface area contributed by atoms with Crippen LogP contribution in [0.2, 0.25) is 0 Å². The zero-order chi connectivity index (χ0) is 19.5. The number of benzene rings is 3. The molecule has 1 amide bonds. The monoisotopic (exact) mass is 389 g/mol. The van der Waals surface area contributed by atoms with Gasteiger partial charge in [0, 0.05) is 47.4 Å². The van der Waals surface area contributed by atoms with Gasteiger partial charge in [0.1, 0.15) is 0 Å². The number of carbonyl (C=O) groups is 1. The van der Waals surface area contributed by atoms with Crippen LogP contribution >= 0.6 is 0 Å². The minimum absolute atomic E-state index is 0.0270. The third kappa shape index (κ3) is 3.92. The zero-order valence-electron chi connectivity index (χ0n) is 15.9. The fraction of sp³-hybridized carbons (Fsp3) is 0.208. The van der Waals surface area contributed by atoms with E-state index in [9.17, 15) is 9.00 Å². The SMILES string of the molecule is C[S@@](=O)Cc1cccc(C(=O)N2Cc3ccccc3[C@@H](c3ccccc3)C2)c1. The van der Waals surface area contributed by atoms with Crippen LogP contribution in [-0.2, 0) is 23.1 Å². The van der Waals surface area contributed by atoms with E-state index in [-0.39, 0.29) is 11.8 Å². The minimum atomic E-state index is -0.928. The molecule has 4 rings (SSSR count). The second-order valence-electron chi connectivity index (χ2n) is 7.27. The molecule has 3 nitrogen and oxygen atoms in total. The van der Waals surface area contributed by atoms with Crippen LogP contribution in [0.1, 0.15) is 38.5 Å². The molecule has 1 heterocycles. The van der Waals surface area contributed by atoms with Crippen LogP contribution in [0, 0.1) is 0 Å². The van der Waals surface area contributed by atoms with Gasteiger partial charge in [0.15, 0.2) is 0 Å². The van der Waals surface area contributed by atoms with E-state index >= 15 is 0 Å². The summed E-state index contributed by atoms with van der Waals surface area (Å²) in [6, 6.07) is 26.3. The maximum atomic E-state index is 13.3. The quantitative estimate of drug-likeness (QED) is 0.665. The predicted molar refractivity (Wildman–Crippen MR) is 114 cm³/mol. The summed E-state index contributed by atoms with van der Waals surface area (Å²) in [4.78, 5) is 15.2. The standard InChI is InChI=1S/C24H23NO2S/c1-28(27)17-18-8-7-12-20(14-18)24(26)25-15-21-11-5-6-13-22(21)23(16-25)19-9-3-2-4-10-19/h2-14,23H,15-17H2,1H3/t23-,28-/m1/s1. The molecular weight excluding hydrogens is 366 g/mol. The van der Waals surface area contributed by atoms with Crippen molar-refractivity contribution in [1.82, 2.24) is 4.90 Å². The smallest absolute Gasteiger partial charge is 0.254 e. The van der Waals surface area contributed by atoms with Gasteiger partial charge in [0.25, 0.3) is 5.91 Å². The summed E-state index contributed by atoms with van der Waals surface area (Å²) in [5, 5.41) is 0. The van der Waals surface area contributed by atoms with Gasteiger partial charge in [-0.2, -0.15) is 0 Å². The Morgan fingerprint density at radius 2 is 1.75 bits per heavy atom. The van der Waals surface area contributed by atoms with E-state index in [1.165, 1.54) is 16.7 Å². The first-order chi connectivity index (χ1) is 13.6. The van der Waals surface area contributed by atoms with Crippen molar-refractivity contribution in [2.24, 2.45) is 0 Å². The second kappa shape index (κ2) is 8.11. The average Bonchev–Trinajstić information content (AvgIpc) is 2.73. The van der Waals surface area contributed by atoms with Crippen molar-refractivity contribution in [2.75, 3.05) is 12.8 Å². The summed E-state index contributed by atoms with van der Waals surface area (Å²) < 4.78 is 11.5. The van der Waals surface area contributed by atoms with Crippen LogP contribution < -0.4 is 0 Å². The molecule has 3 aromatic rings. The van der Waals surface area contributed by atoms with E-state index in [0.717, 1.165) is 5.56 Å². The molecule has 0 saturated carbocycles. The van der Waals surface area contributed by atoms with Gasteiger partial charge in [-0.25, -0.2) is 0 Å². The summed E-state index contributed by atoms with van der Waals surface area (Å²) in [5.41, 5.74) is 5.31. The summed E-state index contributed by atoms with van der Waals surface area (Å²) in [7, 11) is -0.928. The number of hydrogen-bond donors (Lipinski definition) is 0. The first-order valence-electron chi connectivity index (χ1n) is 9.43. The van der Waals surface area contributed by atoms with Crippen molar-refractivity contribution in [1.29, 1.82) is 0 Å². The molecule has 0 unspecified atom stereocenters. The molecule has 4 heteroatoms. The van der Waals surface area contributed by atoms with Crippen molar-refractivity contribution in [3.63, 3.8) is 0 Å². The summed E-state index contributed by atoms with van der Waals surface area (Å²) in [6.07, 6.45) is 1.68. The molecular formula is C24H23NO2S. The molecule has 142 valence electrons. The molecule has 28 heavy (non-hydrogen) atoms. The van der Waals surface area contributed by atoms with Gasteiger partial charge >= 0.3 is 0 Å². The molecule has 3 aromatic carbocycles. The van der Waals surface area contributed by atoms with E-state index in [2.05, 4.69) is 30.3 Å². The van der Waals surface area contributed by atoms with Crippen LogP contribution in [-0.4, -0.2) is 27.8 Å². The van der Waals surface area contributed by atoms with Gasteiger partial charge in [-0.3, -0.25) is 9.00 Å². The van der Waals surface area contributed by atoms with Crippen molar-refractivity contribution in [3.05, 3.63) is 107 Å². The molecule has 0 fully saturated rings. The highest BCUT2D eigenvalue weighted by Crippen LogP contribution is 2.34. The van der Waals surface area contributed by atoms with Gasteiger partial charge in [0.2, 0.25) is 0 Å². The lowest BCUT2D eigenvalue weighted by Crippen LogP contribution is -2.38. The maximum absolute atomic E-state index is 13.3. The average molecular weight is 390 g/mol. The Morgan fingerprint density at radius 1 is 1.00 bits per heavy atom. The first-order valence-corrected chi connectivity index (χ1v) is 11.2. The van der Waals surface area contributed by atoms with Crippen LogP contribution in [0.5, 0.6) is 0 Å². The normalized spacial score (nSPS) is 17.0. The zero-order valence-corrected chi connectivity index (χ0v) is 16.7. The molecule has 0 aromatic heterocycles. The highest BCUT2D eigenvalue weighted by Gasteiger charge is 2.29. The number of fused-ring (bicyclic) bond motifs is 1. The van der Waals surface area contributed by atoms with Gasteiger partial charge in [0.05, 0.1) is 0 Å². The molecule has 1 aliphatic heterocycles. The third-order valence-electron chi connectivity index (χ3n) is 5.23. The lowest BCUT2D eigenvalue weighted by atomic mass is 9.84. The molecule has 0 spiro atoms. The Kier molecular flexibility index (Phi) is 5.40. The number of rotatable bonds is 4. The van der Waals surface area contributed by atoms with Crippen molar-refractivity contribution >= 4 is 16.7 Å². The second-order valence-corrected chi connectivity index (χ2v) is 8.70. The molecule has 0 N–H and O–H groups in total. The Balaban J connectivity index is 1.66. The molecule has 0 saturated heterocycles. The van der Waals surface area contributed by atoms with Crippen LogP contribution in [0.15, 0.2) is 78.9 Å². The van der Waals surface area contributed by atoms with Crippen molar-refractivity contribution in [2.45, 2.75) is 18.2 Å². The molecule has 0 aliphatic carbocycles. The molecule has 1 aliphatic rings. The first kappa shape index (κ1) is 18.6. The highest BCUT2D eigenvalue weighted by molar-refractivity contribution is 7.83. The van der Waals surface area contributed by atoms with E-state index in [1.54, 1.807) is 6.26 Å². The fourth-order valence-electron chi connectivity index (χ4n) is 3.94. The number of hydrogen-bond acceptors (Lipinski definition) is 2. The highest BCUT2D eigenvalue weighted by atomic mass is 32.2. The number of amides is 1. The fourth-order valence-corrected chi connectivity index (χ4v) is 4.59. The van der Waals surface area contributed by atoms with Crippen molar-refractivity contribution < 1.29 is 9.00 Å². The van der Waals surface area contributed by atoms with E-state index in [0.29, 0.717) is 24.4 Å². The van der Waals surface area contributed by atoms with Crippen molar-refractivity contribution in [3.8, 4) is 0 Å². The Hall–Kier alpha value is -2.72. The molecule has 0 radical (unpaired) electrons. The van der Waals surface area contributed by atoms with E-state index in [4.69, 9.17) is 0 Å². The van der Waals surface area contributed by atoms with Crippen LogP contribution in [0.3, 0.4) is 0 Å². The van der Waals surface area contributed by atoms with Gasteiger partial charge in [-0.05, 0) is 34.4 Å². The minimum Gasteiger partial charge on any atom is -0.333 e. The predicted octanol–water partition coefficient (Wildman–Crippen LogP) is 4.35. The summed E-state index contributed by atoms with van der Waals surface area (Å²) in [5.74, 6) is 0.664. The Morgan fingerprint density at radius 3 is 2.54 bits per heavy atom.